The standard InChI is InChI=1S/C15H9I4N/c16-12-3-1-2-7-4-9-10(5-8(7)12)13(17)15(19)14(18)11(9)6-20/h1-5H,6,20H2. The summed E-state index contributed by atoms with van der Waals surface area (Å²) in [4.78, 5) is 0. The van der Waals surface area contributed by atoms with Crippen LogP contribution in [-0.2, 0) is 6.54 Å². The van der Waals surface area contributed by atoms with Gasteiger partial charge in [-0.3, -0.25) is 0 Å². The minimum Gasteiger partial charge on any atom is -0.326 e. The van der Waals surface area contributed by atoms with Crippen LogP contribution in [0.1, 0.15) is 5.56 Å². The van der Waals surface area contributed by atoms with Crippen LogP contribution >= 0.6 is 90.4 Å². The van der Waals surface area contributed by atoms with Crippen molar-refractivity contribution in [2.75, 3.05) is 0 Å². The van der Waals surface area contributed by atoms with Crippen LogP contribution in [0, 0.1) is 14.3 Å². The van der Waals surface area contributed by atoms with E-state index in [4.69, 9.17) is 5.73 Å². The van der Waals surface area contributed by atoms with Gasteiger partial charge in [-0.25, -0.2) is 0 Å². The summed E-state index contributed by atoms with van der Waals surface area (Å²) in [6, 6.07) is 11.0. The van der Waals surface area contributed by atoms with Crippen molar-refractivity contribution in [2.24, 2.45) is 5.73 Å². The molecule has 0 aliphatic carbocycles. The van der Waals surface area contributed by atoms with Gasteiger partial charge in [0.25, 0.3) is 0 Å². The molecule has 0 radical (unpaired) electrons. The van der Waals surface area contributed by atoms with E-state index < -0.39 is 0 Å². The van der Waals surface area contributed by atoms with Gasteiger partial charge >= 0.3 is 0 Å². The van der Waals surface area contributed by atoms with E-state index in [1.165, 1.54) is 41.4 Å². The van der Waals surface area contributed by atoms with E-state index in [1.54, 1.807) is 0 Å². The number of hydrogen-bond donors (Lipinski definition) is 1. The van der Waals surface area contributed by atoms with Crippen LogP contribution < -0.4 is 5.73 Å². The lowest BCUT2D eigenvalue weighted by atomic mass is 10.00. The Balaban J connectivity index is 2.58. The molecule has 3 rings (SSSR count). The van der Waals surface area contributed by atoms with Gasteiger partial charge in [0.1, 0.15) is 0 Å². The van der Waals surface area contributed by atoms with Gasteiger partial charge in [-0.1, -0.05) is 12.1 Å². The Hall–Kier alpha value is 1.06. The maximum Gasteiger partial charge on any atom is 0.0407 e. The number of halogens is 4. The summed E-state index contributed by atoms with van der Waals surface area (Å²) < 4.78 is 5.21. The largest absolute Gasteiger partial charge is 0.326 e. The van der Waals surface area contributed by atoms with Gasteiger partial charge in [0.15, 0.2) is 0 Å². The highest BCUT2D eigenvalue weighted by Crippen LogP contribution is 2.36. The molecule has 2 N–H and O–H groups in total. The van der Waals surface area contributed by atoms with Crippen molar-refractivity contribution in [1.29, 1.82) is 0 Å². The normalized spacial score (nSPS) is 11.4. The van der Waals surface area contributed by atoms with Crippen LogP contribution in [-0.4, -0.2) is 0 Å². The molecule has 0 spiro atoms. The highest BCUT2D eigenvalue weighted by atomic mass is 127. The van der Waals surface area contributed by atoms with Crippen LogP contribution in [0.25, 0.3) is 21.5 Å². The fourth-order valence-corrected chi connectivity index (χ4v) is 5.69. The Kier molecular flexibility index (Phi) is 5.01. The lowest BCUT2D eigenvalue weighted by Crippen LogP contribution is -2.04. The van der Waals surface area contributed by atoms with E-state index in [-0.39, 0.29) is 0 Å². The van der Waals surface area contributed by atoms with Crippen LogP contribution in [0.5, 0.6) is 0 Å². The molecule has 0 saturated carbocycles. The molecule has 20 heavy (non-hydrogen) atoms. The van der Waals surface area contributed by atoms with Crippen LogP contribution in [0.4, 0.5) is 0 Å². The van der Waals surface area contributed by atoms with Crippen molar-refractivity contribution in [3.8, 4) is 0 Å². The summed E-state index contributed by atoms with van der Waals surface area (Å²) in [5.41, 5.74) is 7.25. The first-order chi connectivity index (χ1) is 9.54. The average molecular weight is 711 g/mol. The molecule has 5 heteroatoms. The topological polar surface area (TPSA) is 26.0 Å². The minimum absolute atomic E-state index is 0.580. The third-order valence-electron chi connectivity index (χ3n) is 3.38. The molecule has 0 saturated heterocycles. The predicted octanol–water partition coefficient (Wildman–Crippen LogP) is 5.87. The van der Waals surface area contributed by atoms with Crippen molar-refractivity contribution < 1.29 is 0 Å². The summed E-state index contributed by atoms with van der Waals surface area (Å²) in [7, 11) is 0. The van der Waals surface area contributed by atoms with Crippen molar-refractivity contribution in [3.63, 3.8) is 0 Å². The van der Waals surface area contributed by atoms with Gasteiger partial charge in [-0.05, 0) is 136 Å². The van der Waals surface area contributed by atoms with Gasteiger partial charge in [0, 0.05) is 20.8 Å². The number of fused-ring (bicyclic) bond motifs is 2. The van der Waals surface area contributed by atoms with Gasteiger partial charge in [-0.2, -0.15) is 0 Å². The summed E-state index contributed by atoms with van der Waals surface area (Å²) >= 11 is 9.70. The molecule has 0 amide bonds. The summed E-state index contributed by atoms with van der Waals surface area (Å²) in [6.07, 6.45) is 0. The van der Waals surface area contributed by atoms with Crippen molar-refractivity contribution >= 4 is 112 Å². The molecule has 0 unspecified atom stereocenters. The van der Waals surface area contributed by atoms with Crippen LogP contribution in [0.2, 0.25) is 0 Å². The SMILES string of the molecule is NCc1c(I)c(I)c(I)c2cc3c(I)cccc3cc12. The van der Waals surface area contributed by atoms with Gasteiger partial charge in [-0.15, -0.1) is 0 Å². The summed E-state index contributed by atoms with van der Waals surface area (Å²) in [5, 5.41) is 5.20. The van der Waals surface area contributed by atoms with Crippen LogP contribution in [0.3, 0.4) is 0 Å². The molecule has 0 fully saturated rings. The molecule has 3 aromatic rings. The molecule has 102 valence electrons. The Morgan fingerprint density at radius 3 is 2.25 bits per heavy atom. The highest BCUT2D eigenvalue weighted by molar-refractivity contribution is 14.1. The van der Waals surface area contributed by atoms with E-state index in [1.807, 2.05) is 0 Å². The number of hydrogen-bond acceptors (Lipinski definition) is 1. The molecule has 0 aliphatic heterocycles. The minimum atomic E-state index is 0.580. The van der Waals surface area contributed by atoms with Crippen molar-refractivity contribution in [3.05, 3.63) is 50.2 Å². The fraction of sp³-hybridized carbons (Fsp3) is 0.0667. The third kappa shape index (κ3) is 2.58. The number of benzene rings is 3. The number of nitrogens with two attached hydrogens (primary N) is 1. The molecule has 0 aromatic heterocycles. The molecule has 0 atom stereocenters. The zero-order valence-electron chi connectivity index (χ0n) is 10.2. The maximum atomic E-state index is 6.00. The molecule has 1 nitrogen and oxygen atoms in total. The Morgan fingerprint density at radius 2 is 1.55 bits per heavy atom. The van der Waals surface area contributed by atoms with Gasteiger partial charge < -0.3 is 5.73 Å². The monoisotopic (exact) mass is 711 g/mol. The predicted molar refractivity (Wildman–Crippen MR) is 120 cm³/mol. The average Bonchev–Trinajstić information content (AvgIpc) is 2.45. The second-order valence-corrected chi connectivity index (χ2v) is 8.88. The van der Waals surface area contributed by atoms with Crippen molar-refractivity contribution in [1.82, 2.24) is 0 Å². The first kappa shape index (κ1) is 15.9. The summed E-state index contributed by atoms with van der Waals surface area (Å²) in [6.45, 7) is 0.580. The van der Waals surface area contributed by atoms with E-state index in [0.29, 0.717) is 6.54 Å². The van der Waals surface area contributed by atoms with E-state index >= 15 is 0 Å². The molecular weight excluding hydrogens is 702 g/mol. The lowest BCUT2D eigenvalue weighted by Gasteiger charge is -2.14. The zero-order valence-corrected chi connectivity index (χ0v) is 18.8. The molecule has 0 heterocycles. The quantitative estimate of drug-likeness (QED) is 0.191. The molecule has 0 bridgehead atoms. The Morgan fingerprint density at radius 1 is 0.800 bits per heavy atom. The van der Waals surface area contributed by atoms with E-state index in [2.05, 4.69) is 121 Å². The molecule has 3 aromatic carbocycles. The first-order valence-electron chi connectivity index (χ1n) is 5.92. The van der Waals surface area contributed by atoms with Crippen LogP contribution in [0.15, 0.2) is 30.3 Å². The van der Waals surface area contributed by atoms with E-state index in [9.17, 15) is 0 Å². The zero-order chi connectivity index (χ0) is 14.4. The van der Waals surface area contributed by atoms with Crippen molar-refractivity contribution in [2.45, 2.75) is 6.54 Å². The van der Waals surface area contributed by atoms with Gasteiger partial charge in [0.2, 0.25) is 0 Å². The lowest BCUT2D eigenvalue weighted by molar-refractivity contribution is 1.07. The highest BCUT2D eigenvalue weighted by Gasteiger charge is 2.15. The van der Waals surface area contributed by atoms with Gasteiger partial charge in [0.05, 0.1) is 0 Å². The Bertz CT molecular complexity index is 843. The number of rotatable bonds is 1. The Labute approximate surface area is 172 Å². The molecule has 0 aliphatic rings. The fourth-order valence-electron chi connectivity index (χ4n) is 2.38. The molecular formula is C15H9I4N. The second-order valence-electron chi connectivity index (χ2n) is 4.48. The summed E-state index contributed by atoms with van der Waals surface area (Å²) in [5.74, 6) is 0. The van der Waals surface area contributed by atoms with E-state index in [0.717, 1.165) is 0 Å². The second kappa shape index (κ2) is 6.28. The maximum absolute atomic E-state index is 6.00. The smallest absolute Gasteiger partial charge is 0.0407 e. The first-order valence-corrected chi connectivity index (χ1v) is 10.2. The third-order valence-corrected chi connectivity index (χ3v) is 9.78.